The Morgan fingerprint density at radius 3 is 2.44 bits per heavy atom. The summed E-state index contributed by atoms with van der Waals surface area (Å²) in [5.74, 6) is 0.909. The second kappa shape index (κ2) is 9.55. The number of anilines is 1. The van der Waals surface area contributed by atoms with Crippen molar-refractivity contribution in [1.82, 2.24) is 10.2 Å². The molecule has 1 aliphatic heterocycles. The van der Waals surface area contributed by atoms with Crippen molar-refractivity contribution in [1.29, 1.82) is 0 Å². The Morgan fingerprint density at radius 2 is 1.78 bits per heavy atom. The SMILES string of the molecule is CCOc1ccccc1N1CCN(C(=O)NCc2ccc(SC)cc2)CC1. The highest BCUT2D eigenvalue weighted by Gasteiger charge is 2.22. The van der Waals surface area contributed by atoms with Gasteiger partial charge >= 0.3 is 6.03 Å². The lowest BCUT2D eigenvalue weighted by Gasteiger charge is -2.36. The highest BCUT2D eigenvalue weighted by atomic mass is 32.2. The number of urea groups is 1. The van der Waals surface area contributed by atoms with E-state index in [1.54, 1.807) is 11.8 Å². The molecule has 1 saturated heterocycles. The Hall–Kier alpha value is -2.34. The fraction of sp³-hybridized carbons (Fsp3) is 0.381. The van der Waals surface area contributed by atoms with Gasteiger partial charge in [0.15, 0.2) is 0 Å². The molecule has 6 heteroatoms. The Labute approximate surface area is 165 Å². The second-order valence-corrected chi connectivity index (χ2v) is 7.26. The fourth-order valence-electron chi connectivity index (χ4n) is 3.18. The van der Waals surface area contributed by atoms with E-state index in [4.69, 9.17) is 4.74 Å². The average molecular weight is 386 g/mol. The molecule has 27 heavy (non-hydrogen) atoms. The molecule has 1 heterocycles. The molecule has 144 valence electrons. The van der Waals surface area contributed by atoms with Gasteiger partial charge in [0.05, 0.1) is 12.3 Å². The minimum atomic E-state index is 0.00156. The number of carbonyl (C=O) groups excluding carboxylic acids is 1. The molecule has 0 saturated carbocycles. The Bertz CT molecular complexity index is 743. The average Bonchev–Trinajstić information content (AvgIpc) is 2.73. The maximum absolute atomic E-state index is 12.5. The van der Waals surface area contributed by atoms with Crippen LogP contribution in [0.15, 0.2) is 53.4 Å². The third-order valence-corrected chi connectivity index (χ3v) is 5.42. The normalized spacial score (nSPS) is 14.1. The maximum atomic E-state index is 12.5. The number of carbonyl (C=O) groups is 1. The summed E-state index contributed by atoms with van der Waals surface area (Å²) in [5.41, 5.74) is 2.22. The number of hydrogen-bond acceptors (Lipinski definition) is 4. The fourth-order valence-corrected chi connectivity index (χ4v) is 3.59. The van der Waals surface area contributed by atoms with Crippen molar-refractivity contribution in [3.8, 4) is 5.75 Å². The zero-order valence-corrected chi connectivity index (χ0v) is 16.8. The first kappa shape index (κ1) is 19.4. The van der Waals surface area contributed by atoms with Gasteiger partial charge in [0, 0.05) is 37.6 Å². The Kier molecular flexibility index (Phi) is 6.87. The maximum Gasteiger partial charge on any atom is 0.317 e. The van der Waals surface area contributed by atoms with E-state index in [1.165, 1.54) is 4.90 Å². The predicted molar refractivity (Wildman–Crippen MR) is 112 cm³/mol. The van der Waals surface area contributed by atoms with Crippen LogP contribution in [0.2, 0.25) is 0 Å². The number of piperazine rings is 1. The molecule has 1 N–H and O–H groups in total. The number of para-hydroxylation sites is 2. The van der Waals surface area contributed by atoms with Crippen LogP contribution >= 0.6 is 11.8 Å². The lowest BCUT2D eigenvalue weighted by Crippen LogP contribution is -2.51. The molecule has 0 spiro atoms. The van der Waals surface area contributed by atoms with Crippen molar-refractivity contribution in [3.05, 3.63) is 54.1 Å². The van der Waals surface area contributed by atoms with E-state index in [9.17, 15) is 4.79 Å². The molecule has 2 amide bonds. The van der Waals surface area contributed by atoms with Gasteiger partial charge in [-0.1, -0.05) is 24.3 Å². The number of thioether (sulfide) groups is 1. The molecule has 1 aliphatic rings. The van der Waals surface area contributed by atoms with E-state index >= 15 is 0 Å². The first-order valence-corrected chi connectivity index (χ1v) is 10.6. The van der Waals surface area contributed by atoms with Gasteiger partial charge in [-0.3, -0.25) is 0 Å². The van der Waals surface area contributed by atoms with Gasteiger partial charge in [-0.05, 0) is 43.0 Å². The summed E-state index contributed by atoms with van der Waals surface area (Å²) in [5, 5.41) is 3.03. The van der Waals surface area contributed by atoms with Gasteiger partial charge in [0.25, 0.3) is 0 Å². The molecule has 5 nitrogen and oxygen atoms in total. The van der Waals surface area contributed by atoms with Crippen LogP contribution in [-0.4, -0.2) is 50.0 Å². The summed E-state index contributed by atoms with van der Waals surface area (Å²) in [6.45, 7) is 6.22. The molecule has 0 atom stereocenters. The first-order chi connectivity index (χ1) is 13.2. The standard InChI is InChI=1S/C21H27N3O2S/c1-3-26-20-7-5-4-6-19(20)23-12-14-24(15-13-23)21(25)22-16-17-8-10-18(27-2)11-9-17/h4-11H,3,12-16H2,1-2H3,(H,22,25). The molecule has 0 radical (unpaired) electrons. The molecule has 0 bridgehead atoms. The topological polar surface area (TPSA) is 44.8 Å². The summed E-state index contributed by atoms with van der Waals surface area (Å²) in [7, 11) is 0. The molecule has 0 unspecified atom stereocenters. The third kappa shape index (κ3) is 5.10. The molecule has 2 aromatic rings. The molecular weight excluding hydrogens is 358 g/mol. The highest BCUT2D eigenvalue weighted by molar-refractivity contribution is 7.98. The summed E-state index contributed by atoms with van der Waals surface area (Å²) in [6.07, 6.45) is 2.06. The van der Waals surface area contributed by atoms with Crippen molar-refractivity contribution in [2.24, 2.45) is 0 Å². The molecule has 3 rings (SSSR count). The van der Waals surface area contributed by atoms with E-state index < -0.39 is 0 Å². The second-order valence-electron chi connectivity index (χ2n) is 6.38. The van der Waals surface area contributed by atoms with Gasteiger partial charge in [0.1, 0.15) is 5.75 Å². The van der Waals surface area contributed by atoms with E-state index in [0.29, 0.717) is 26.2 Å². The van der Waals surface area contributed by atoms with Gasteiger partial charge in [-0.25, -0.2) is 4.79 Å². The lowest BCUT2D eigenvalue weighted by molar-refractivity contribution is 0.194. The Morgan fingerprint density at radius 1 is 1.07 bits per heavy atom. The van der Waals surface area contributed by atoms with Crippen LogP contribution in [-0.2, 0) is 6.54 Å². The van der Waals surface area contributed by atoms with E-state index in [1.807, 2.05) is 30.0 Å². The van der Waals surface area contributed by atoms with Gasteiger partial charge in [-0.2, -0.15) is 0 Å². The van der Waals surface area contributed by atoms with Crippen molar-refractivity contribution < 1.29 is 9.53 Å². The van der Waals surface area contributed by atoms with Crippen molar-refractivity contribution in [2.45, 2.75) is 18.4 Å². The van der Waals surface area contributed by atoms with Crippen LogP contribution in [0.1, 0.15) is 12.5 Å². The summed E-state index contributed by atoms with van der Waals surface area (Å²) >= 11 is 1.72. The van der Waals surface area contributed by atoms with Crippen LogP contribution in [0.3, 0.4) is 0 Å². The minimum Gasteiger partial charge on any atom is -0.492 e. The minimum absolute atomic E-state index is 0.00156. The summed E-state index contributed by atoms with van der Waals surface area (Å²) < 4.78 is 5.73. The van der Waals surface area contributed by atoms with Crippen LogP contribution in [0.4, 0.5) is 10.5 Å². The highest BCUT2D eigenvalue weighted by Crippen LogP contribution is 2.28. The van der Waals surface area contributed by atoms with Crippen LogP contribution in [0, 0.1) is 0 Å². The van der Waals surface area contributed by atoms with E-state index in [0.717, 1.165) is 30.1 Å². The zero-order valence-electron chi connectivity index (χ0n) is 16.0. The first-order valence-electron chi connectivity index (χ1n) is 9.33. The smallest absolute Gasteiger partial charge is 0.317 e. The molecule has 1 fully saturated rings. The third-order valence-electron chi connectivity index (χ3n) is 4.68. The van der Waals surface area contributed by atoms with E-state index in [2.05, 4.69) is 46.8 Å². The van der Waals surface area contributed by atoms with Gasteiger partial charge in [0.2, 0.25) is 0 Å². The van der Waals surface area contributed by atoms with Crippen molar-refractivity contribution in [2.75, 3.05) is 43.9 Å². The molecular formula is C21H27N3O2S. The number of benzene rings is 2. The number of rotatable bonds is 6. The van der Waals surface area contributed by atoms with Crippen LogP contribution < -0.4 is 15.0 Å². The predicted octanol–water partition coefficient (Wildman–Crippen LogP) is 3.84. The Balaban J connectivity index is 1.50. The summed E-state index contributed by atoms with van der Waals surface area (Å²) in [6, 6.07) is 16.4. The number of nitrogens with zero attached hydrogens (tertiary/aromatic N) is 2. The monoisotopic (exact) mass is 385 g/mol. The molecule has 0 aromatic heterocycles. The number of amides is 2. The van der Waals surface area contributed by atoms with Crippen molar-refractivity contribution >= 4 is 23.5 Å². The number of hydrogen-bond donors (Lipinski definition) is 1. The van der Waals surface area contributed by atoms with Crippen molar-refractivity contribution in [3.63, 3.8) is 0 Å². The van der Waals surface area contributed by atoms with Crippen LogP contribution in [0.5, 0.6) is 5.75 Å². The largest absolute Gasteiger partial charge is 0.492 e. The number of nitrogens with one attached hydrogen (secondary N) is 1. The molecule has 0 aliphatic carbocycles. The summed E-state index contributed by atoms with van der Waals surface area (Å²) in [4.78, 5) is 17.9. The van der Waals surface area contributed by atoms with Crippen LogP contribution in [0.25, 0.3) is 0 Å². The number of ether oxygens (including phenoxy) is 1. The van der Waals surface area contributed by atoms with E-state index in [-0.39, 0.29) is 6.03 Å². The zero-order chi connectivity index (χ0) is 19.1. The van der Waals surface area contributed by atoms with Gasteiger partial charge < -0.3 is 19.9 Å². The molecule has 2 aromatic carbocycles. The quantitative estimate of drug-likeness (QED) is 0.768. The lowest BCUT2D eigenvalue weighted by atomic mass is 10.2. The van der Waals surface area contributed by atoms with Gasteiger partial charge in [-0.15, -0.1) is 11.8 Å².